The fourth-order valence-corrected chi connectivity index (χ4v) is 2.19. The Balaban J connectivity index is 1.84. The third kappa shape index (κ3) is 5.57. The van der Waals surface area contributed by atoms with E-state index in [1.54, 1.807) is 38.5 Å². The molecule has 5 heteroatoms. The van der Waals surface area contributed by atoms with Gasteiger partial charge in [-0.15, -0.1) is 0 Å². The van der Waals surface area contributed by atoms with Crippen molar-refractivity contribution in [1.29, 1.82) is 0 Å². The van der Waals surface area contributed by atoms with Crippen molar-refractivity contribution in [3.8, 4) is 17.2 Å². The number of hydrogen-bond acceptors (Lipinski definition) is 5. The van der Waals surface area contributed by atoms with Gasteiger partial charge in [0.25, 0.3) is 0 Å². The summed E-state index contributed by atoms with van der Waals surface area (Å²) in [5, 5.41) is 0. The maximum absolute atomic E-state index is 11.8. The van der Waals surface area contributed by atoms with Crippen LogP contribution in [0.15, 0.2) is 48.5 Å². The van der Waals surface area contributed by atoms with Crippen LogP contribution >= 0.6 is 0 Å². The Hall–Kier alpha value is -2.95. The minimum Gasteiger partial charge on any atom is -0.497 e. The van der Waals surface area contributed by atoms with Gasteiger partial charge in [-0.05, 0) is 42.8 Å². The molecule has 0 radical (unpaired) electrons. The zero-order chi connectivity index (χ0) is 18.1. The lowest BCUT2D eigenvalue weighted by Gasteiger charge is -2.09. The molecule has 0 bridgehead atoms. The number of carbonyl (C=O) groups excluding carboxylic acids is 1. The topological polar surface area (TPSA) is 54.0 Å². The minimum atomic E-state index is -0.446. The van der Waals surface area contributed by atoms with Crippen molar-refractivity contribution >= 4 is 12.0 Å². The fourth-order valence-electron chi connectivity index (χ4n) is 2.19. The van der Waals surface area contributed by atoms with Gasteiger partial charge in [0, 0.05) is 11.6 Å². The summed E-state index contributed by atoms with van der Waals surface area (Å²) in [4.78, 5) is 11.8. The van der Waals surface area contributed by atoms with Gasteiger partial charge in [0.2, 0.25) is 0 Å². The van der Waals surface area contributed by atoms with E-state index >= 15 is 0 Å². The van der Waals surface area contributed by atoms with Gasteiger partial charge in [0.1, 0.15) is 30.5 Å². The second-order valence-corrected chi connectivity index (χ2v) is 5.22. The van der Waals surface area contributed by atoms with E-state index in [2.05, 4.69) is 0 Å². The molecule has 0 spiro atoms. The zero-order valence-corrected chi connectivity index (χ0v) is 14.7. The largest absolute Gasteiger partial charge is 0.497 e. The normalized spacial score (nSPS) is 10.5. The molecule has 0 fully saturated rings. The number of benzene rings is 2. The lowest BCUT2D eigenvalue weighted by molar-refractivity contribution is -0.138. The molecular weight excluding hydrogens is 320 g/mol. The number of para-hydroxylation sites is 1. The second-order valence-electron chi connectivity index (χ2n) is 5.22. The monoisotopic (exact) mass is 342 g/mol. The molecule has 0 saturated carbocycles. The molecule has 25 heavy (non-hydrogen) atoms. The summed E-state index contributed by atoms with van der Waals surface area (Å²) in [5.41, 5.74) is 1.77. The maximum atomic E-state index is 11.8. The number of rotatable bonds is 8. The minimum absolute atomic E-state index is 0.173. The van der Waals surface area contributed by atoms with Crippen LogP contribution in [0.5, 0.6) is 17.2 Å². The molecule has 0 aromatic heterocycles. The van der Waals surface area contributed by atoms with Gasteiger partial charge in [-0.3, -0.25) is 0 Å². The van der Waals surface area contributed by atoms with Crippen LogP contribution in [0.1, 0.15) is 11.1 Å². The van der Waals surface area contributed by atoms with Crippen LogP contribution in [-0.4, -0.2) is 33.4 Å². The van der Waals surface area contributed by atoms with Gasteiger partial charge in [-0.2, -0.15) is 0 Å². The third-order valence-corrected chi connectivity index (χ3v) is 3.51. The number of ether oxygens (including phenoxy) is 4. The molecule has 0 aliphatic heterocycles. The highest BCUT2D eigenvalue weighted by atomic mass is 16.6. The second kappa shape index (κ2) is 9.37. The average Bonchev–Trinajstić information content (AvgIpc) is 2.64. The molecule has 0 heterocycles. The van der Waals surface area contributed by atoms with Crippen molar-refractivity contribution in [1.82, 2.24) is 0 Å². The summed E-state index contributed by atoms with van der Waals surface area (Å²) >= 11 is 0. The first-order valence-electron chi connectivity index (χ1n) is 7.89. The highest BCUT2D eigenvalue weighted by molar-refractivity contribution is 5.87. The summed E-state index contributed by atoms with van der Waals surface area (Å²) in [5.74, 6) is 1.67. The van der Waals surface area contributed by atoms with Crippen LogP contribution in [0.3, 0.4) is 0 Å². The van der Waals surface area contributed by atoms with Crippen molar-refractivity contribution in [2.24, 2.45) is 0 Å². The number of carbonyl (C=O) groups is 1. The lowest BCUT2D eigenvalue weighted by atomic mass is 10.1. The standard InChI is InChI=1S/C20H22O5/c1-15-6-4-5-7-18(15)24-12-13-25-20(21)11-8-16-14-17(22-2)9-10-19(16)23-3/h4-11,14H,12-13H2,1-3H3/b11-8+. The van der Waals surface area contributed by atoms with Crippen LogP contribution in [0.2, 0.25) is 0 Å². The summed E-state index contributed by atoms with van der Waals surface area (Å²) in [6.07, 6.45) is 2.98. The molecule has 132 valence electrons. The van der Waals surface area contributed by atoms with Gasteiger partial charge in [-0.1, -0.05) is 18.2 Å². The van der Waals surface area contributed by atoms with Crippen LogP contribution < -0.4 is 14.2 Å². The first-order chi connectivity index (χ1) is 12.1. The first-order valence-corrected chi connectivity index (χ1v) is 7.89. The molecule has 0 unspecified atom stereocenters. The molecule has 0 aliphatic carbocycles. The van der Waals surface area contributed by atoms with Crippen LogP contribution in [0.25, 0.3) is 6.08 Å². The van der Waals surface area contributed by atoms with Crippen molar-refractivity contribution in [2.75, 3.05) is 27.4 Å². The molecule has 2 aromatic rings. The van der Waals surface area contributed by atoms with Gasteiger partial charge in [-0.25, -0.2) is 4.79 Å². The fraction of sp³-hybridized carbons (Fsp3) is 0.250. The molecule has 0 N–H and O–H groups in total. The Morgan fingerprint density at radius 3 is 2.52 bits per heavy atom. The molecule has 0 aliphatic rings. The highest BCUT2D eigenvalue weighted by Gasteiger charge is 2.04. The lowest BCUT2D eigenvalue weighted by Crippen LogP contribution is -2.10. The van der Waals surface area contributed by atoms with E-state index in [0.29, 0.717) is 18.1 Å². The van der Waals surface area contributed by atoms with Crippen LogP contribution in [0.4, 0.5) is 0 Å². The molecule has 0 atom stereocenters. The molecule has 5 nitrogen and oxygen atoms in total. The van der Waals surface area contributed by atoms with Crippen molar-refractivity contribution in [2.45, 2.75) is 6.92 Å². The van der Waals surface area contributed by atoms with Gasteiger partial charge < -0.3 is 18.9 Å². The Kier molecular flexibility index (Phi) is 6.89. The van der Waals surface area contributed by atoms with Crippen molar-refractivity contribution in [3.63, 3.8) is 0 Å². The average molecular weight is 342 g/mol. The molecular formula is C20H22O5. The van der Waals surface area contributed by atoms with Gasteiger partial charge >= 0.3 is 5.97 Å². The Morgan fingerprint density at radius 1 is 1.00 bits per heavy atom. The number of aryl methyl sites for hydroxylation is 1. The number of esters is 1. The molecule has 0 amide bonds. The van der Waals surface area contributed by atoms with Gasteiger partial charge in [0.15, 0.2) is 0 Å². The van der Waals surface area contributed by atoms with E-state index < -0.39 is 5.97 Å². The maximum Gasteiger partial charge on any atom is 0.330 e. The van der Waals surface area contributed by atoms with E-state index in [0.717, 1.165) is 16.9 Å². The van der Waals surface area contributed by atoms with E-state index in [4.69, 9.17) is 18.9 Å². The predicted octanol–water partition coefficient (Wildman–Crippen LogP) is 3.65. The zero-order valence-electron chi connectivity index (χ0n) is 14.7. The van der Waals surface area contributed by atoms with Crippen molar-refractivity contribution in [3.05, 3.63) is 59.7 Å². The van der Waals surface area contributed by atoms with Crippen LogP contribution in [-0.2, 0) is 9.53 Å². The van der Waals surface area contributed by atoms with Crippen molar-refractivity contribution < 1.29 is 23.7 Å². The van der Waals surface area contributed by atoms with E-state index in [9.17, 15) is 4.79 Å². The number of hydrogen-bond donors (Lipinski definition) is 0. The Labute approximate surface area is 147 Å². The van der Waals surface area contributed by atoms with E-state index in [-0.39, 0.29) is 6.61 Å². The smallest absolute Gasteiger partial charge is 0.330 e. The Morgan fingerprint density at radius 2 is 1.80 bits per heavy atom. The Bertz CT molecular complexity index is 737. The summed E-state index contributed by atoms with van der Waals surface area (Å²) < 4.78 is 21.1. The summed E-state index contributed by atoms with van der Waals surface area (Å²) in [6.45, 7) is 2.44. The summed E-state index contributed by atoms with van der Waals surface area (Å²) in [7, 11) is 3.15. The highest BCUT2D eigenvalue weighted by Crippen LogP contribution is 2.25. The predicted molar refractivity (Wildman–Crippen MR) is 96.2 cm³/mol. The van der Waals surface area contributed by atoms with Gasteiger partial charge in [0.05, 0.1) is 14.2 Å². The molecule has 2 aromatic carbocycles. The summed E-state index contributed by atoms with van der Waals surface area (Å²) in [6, 6.07) is 13.0. The SMILES string of the molecule is COc1ccc(OC)c(/C=C/C(=O)OCCOc2ccccc2C)c1. The van der Waals surface area contributed by atoms with E-state index in [1.165, 1.54) is 6.08 Å². The quantitative estimate of drug-likeness (QED) is 0.416. The molecule has 0 saturated heterocycles. The third-order valence-electron chi connectivity index (χ3n) is 3.51. The van der Waals surface area contributed by atoms with E-state index in [1.807, 2.05) is 31.2 Å². The number of methoxy groups -OCH3 is 2. The van der Waals surface area contributed by atoms with Crippen LogP contribution in [0, 0.1) is 6.92 Å². The first kappa shape index (κ1) is 18.4. The molecule has 2 rings (SSSR count).